The van der Waals surface area contributed by atoms with Crippen molar-refractivity contribution in [2.75, 3.05) is 11.1 Å². The van der Waals surface area contributed by atoms with Crippen LogP contribution in [0.5, 0.6) is 0 Å². The number of aromatic nitrogens is 1. The van der Waals surface area contributed by atoms with E-state index < -0.39 is 0 Å². The van der Waals surface area contributed by atoms with Crippen LogP contribution in [0.2, 0.25) is 10.0 Å². The van der Waals surface area contributed by atoms with Crippen molar-refractivity contribution in [3.63, 3.8) is 0 Å². The second-order valence-electron chi connectivity index (χ2n) is 3.53. The number of nitriles is 1. The third-order valence-corrected chi connectivity index (χ3v) is 2.97. The predicted octanol–water partition coefficient (Wildman–Crippen LogP) is 3.59. The summed E-state index contributed by atoms with van der Waals surface area (Å²) in [6.45, 7) is 0. The maximum Gasteiger partial charge on any atom is 0.153 e. The summed E-state index contributed by atoms with van der Waals surface area (Å²) < 4.78 is 0. The number of hydrogen-bond donors (Lipinski definition) is 2. The Kier molecular flexibility index (Phi) is 3.56. The average Bonchev–Trinajstić information content (AvgIpc) is 2.36. The zero-order valence-electron chi connectivity index (χ0n) is 9.11. The molecule has 0 atom stereocenters. The molecule has 0 spiro atoms. The van der Waals surface area contributed by atoms with E-state index in [9.17, 15) is 0 Å². The van der Waals surface area contributed by atoms with Crippen LogP contribution in [0.1, 0.15) is 5.56 Å². The second-order valence-corrected chi connectivity index (χ2v) is 4.34. The lowest BCUT2D eigenvalue weighted by atomic mass is 10.2. The SMILES string of the molecule is N#Cc1cnc(Nc2ccc(Cl)c(Cl)c2)c(N)c1. The number of anilines is 3. The molecule has 3 N–H and O–H groups in total. The van der Waals surface area contributed by atoms with Crippen LogP contribution in [0.3, 0.4) is 0 Å². The van der Waals surface area contributed by atoms with Gasteiger partial charge in [-0.2, -0.15) is 5.26 Å². The van der Waals surface area contributed by atoms with Gasteiger partial charge in [-0.05, 0) is 24.3 Å². The summed E-state index contributed by atoms with van der Waals surface area (Å²) in [7, 11) is 0. The number of nitrogens with zero attached hydrogens (tertiary/aromatic N) is 2. The van der Waals surface area contributed by atoms with Crippen molar-refractivity contribution >= 4 is 40.4 Å². The van der Waals surface area contributed by atoms with Crippen LogP contribution in [-0.4, -0.2) is 4.98 Å². The molecule has 0 aliphatic heterocycles. The smallest absolute Gasteiger partial charge is 0.153 e. The fraction of sp³-hybridized carbons (Fsp3) is 0. The molecule has 6 heteroatoms. The summed E-state index contributed by atoms with van der Waals surface area (Å²) in [4.78, 5) is 4.06. The Balaban J connectivity index is 2.29. The molecule has 4 nitrogen and oxygen atoms in total. The number of nitrogen functional groups attached to an aromatic ring is 1. The number of hydrogen-bond acceptors (Lipinski definition) is 4. The van der Waals surface area contributed by atoms with Gasteiger partial charge < -0.3 is 11.1 Å². The van der Waals surface area contributed by atoms with Gasteiger partial charge in [-0.3, -0.25) is 0 Å². The Hall–Kier alpha value is -1.96. The van der Waals surface area contributed by atoms with Crippen molar-refractivity contribution in [3.05, 3.63) is 46.1 Å². The maximum atomic E-state index is 8.71. The molecule has 0 aliphatic rings. The van der Waals surface area contributed by atoms with Gasteiger partial charge in [0.25, 0.3) is 0 Å². The third kappa shape index (κ3) is 2.65. The monoisotopic (exact) mass is 278 g/mol. The third-order valence-electron chi connectivity index (χ3n) is 2.23. The molecule has 0 saturated heterocycles. The average molecular weight is 279 g/mol. The summed E-state index contributed by atoms with van der Waals surface area (Å²) >= 11 is 11.7. The molecule has 0 aliphatic carbocycles. The highest BCUT2D eigenvalue weighted by molar-refractivity contribution is 6.42. The highest BCUT2D eigenvalue weighted by atomic mass is 35.5. The molecule has 0 saturated carbocycles. The first kappa shape index (κ1) is 12.5. The Bertz CT molecular complexity index is 634. The van der Waals surface area contributed by atoms with Crippen LogP contribution in [0.25, 0.3) is 0 Å². The predicted molar refractivity (Wildman–Crippen MR) is 73.1 cm³/mol. The van der Waals surface area contributed by atoms with Crippen LogP contribution >= 0.6 is 23.2 Å². The van der Waals surface area contributed by atoms with E-state index in [0.29, 0.717) is 32.8 Å². The summed E-state index contributed by atoms with van der Waals surface area (Å²) in [6, 6.07) is 8.62. The largest absolute Gasteiger partial charge is 0.396 e. The van der Waals surface area contributed by atoms with Gasteiger partial charge in [0, 0.05) is 11.9 Å². The molecular weight excluding hydrogens is 271 g/mol. The molecule has 2 aromatic rings. The van der Waals surface area contributed by atoms with Crippen LogP contribution in [0.15, 0.2) is 30.5 Å². The molecule has 1 aromatic carbocycles. The molecule has 2 rings (SSSR count). The van der Waals surface area contributed by atoms with E-state index in [0.717, 1.165) is 0 Å². The minimum Gasteiger partial charge on any atom is -0.396 e. The van der Waals surface area contributed by atoms with Crippen molar-refractivity contribution < 1.29 is 0 Å². The van der Waals surface area contributed by atoms with Gasteiger partial charge in [0.2, 0.25) is 0 Å². The van der Waals surface area contributed by atoms with Crippen molar-refractivity contribution in [1.82, 2.24) is 4.98 Å². The molecular formula is C12H8Cl2N4. The van der Waals surface area contributed by atoms with Gasteiger partial charge >= 0.3 is 0 Å². The van der Waals surface area contributed by atoms with E-state index in [1.807, 2.05) is 6.07 Å². The van der Waals surface area contributed by atoms with Crippen molar-refractivity contribution in [3.8, 4) is 6.07 Å². The van der Waals surface area contributed by atoms with Gasteiger partial charge in [0.1, 0.15) is 6.07 Å². The van der Waals surface area contributed by atoms with Gasteiger partial charge in [-0.25, -0.2) is 4.98 Å². The summed E-state index contributed by atoms with van der Waals surface area (Å²) in [5.74, 6) is 0.465. The highest BCUT2D eigenvalue weighted by Gasteiger charge is 2.04. The van der Waals surface area contributed by atoms with Gasteiger partial charge in [0.05, 0.1) is 21.3 Å². The highest BCUT2D eigenvalue weighted by Crippen LogP contribution is 2.28. The van der Waals surface area contributed by atoms with E-state index >= 15 is 0 Å². The van der Waals surface area contributed by atoms with Crippen molar-refractivity contribution in [2.24, 2.45) is 0 Å². The molecule has 18 heavy (non-hydrogen) atoms. The Morgan fingerprint density at radius 3 is 2.61 bits per heavy atom. The first-order valence-corrected chi connectivity index (χ1v) is 5.73. The normalized spacial score (nSPS) is 9.83. The van der Waals surface area contributed by atoms with E-state index in [1.165, 1.54) is 6.20 Å². The molecule has 0 bridgehead atoms. The number of benzene rings is 1. The minimum atomic E-state index is 0.389. The van der Waals surface area contributed by atoms with Crippen LogP contribution in [0.4, 0.5) is 17.2 Å². The van der Waals surface area contributed by atoms with E-state index in [2.05, 4.69) is 10.3 Å². The summed E-state index contributed by atoms with van der Waals surface area (Å²) in [5.41, 5.74) is 7.29. The zero-order chi connectivity index (χ0) is 13.1. The van der Waals surface area contributed by atoms with E-state index in [1.54, 1.807) is 24.3 Å². The number of rotatable bonds is 2. The van der Waals surface area contributed by atoms with Crippen molar-refractivity contribution in [2.45, 2.75) is 0 Å². The van der Waals surface area contributed by atoms with Gasteiger partial charge in [-0.1, -0.05) is 23.2 Å². The summed E-state index contributed by atoms with van der Waals surface area (Å²) in [6.07, 6.45) is 1.44. The van der Waals surface area contributed by atoms with E-state index in [-0.39, 0.29) is 0 Å². The first-order valence-electron chi connectivity index (χ1n) is 4.98. The van der Waals surface area contributed by atoms with Crippen LogP contribution in [-0.2, 0) is 0 Å². The van der Waals surface area contributed by atoms with Crippen LogP contribution in [0, 0.1) is 11.3 Å². The Morgan fingerprint density at radius 2 is 2.00 bits per heavy atom. The lowest BCUT2D eigenvalue weighted by molar-refractivity contribution is 1.29. The molecule has 0 unspecified atom stereocenters. The standard InChI is InChI=1S/C12H8Cl2N4/c13-9-2-1-8(4-10(9)14)18-12-11(16)3-7(5-15)6-17-12/h1-4,6H,16H2,(H,17,18). The lowest BCUT2D eigenvalue weighted by Gasteiger charge is -2.09. The summed E-state index contributed by atoms with van der Waals surface area (Å²) in [5, 5.41) is 12.6. The molecule has 1 aromatic heterocycles. The number of nitrogens with two attached hydrogens (primary N) is 1. The molecule has 90 valence electrons. The number of pyridine rings is 1. The fourth-order valence-electron chi connectivity index (χ4n) is 1.36. The topological polar surface area (TPSA) is 74.7 Å². The molecule has 0 fully saturated rings. The number of nitrogens with one attached hydrogen (secondary N) is 1. The van der Waals surface area contributed by atoms with Gasteiger partial charge in [0.15, 0.2) is 5.82 Å². The maximum absolute atomic E-state index is 8.71. The molecule has 0 amide bonds. The molecule has 1 heterocycles. The quantitative estimate of drug-likeness (QED) is 0.880. The minimum absolute atomic E-state index is 0.389. The van der Waals surface area contributed by atoms with Crippen molar-refractivity contribution in [1.29, 1.82) is 5.26 Å². The van der Waals surface area contributed by atoms with Crippen LogP contribution < -0.4 is 11.1 Å². The fourth-order valence-corrected chi connectivity index (χ4v) is 1.66. The number of halogens is 2. The first-order chi connectivity index (χ1) is 8.60. The van der Waals surface area contributed by atoms with Gasteiger partial charge in [-0.15, -0.1) is 0 Å². The Morgan fingerprint density at radius 1 is 1.22 bits per heavy atom. The lowest BCUT2D eigenvalue weighted by Crippen LogP contribution is -1.99. The molecule has 0 radical (unpaired) electrons. The second kappa shape index (κ2) is 5.13. The van der Waals surface area contributed by atoms with E-state index in [4.69, 9.17) is 34.2 Å². The Labute approximate surface area is 114 Å². The zero-order valence-corrected chi connectivity index (χ0v) is 10.6.